The molecule has 4 aromatic rings. The molecule has 0 fully saturated rings. The molecule has 1 amide bonds. The molecule has 6 nitrogen and oxygen atoms in total. The molecule has 3 aromatic carbocycles. The maximum Gasteiger partial charge on any atom is 0.248 e. The van der Waals surface area contributed by atoms with Crippen LogP contribution in [0.15, 0.2) is 73.4 Å². The molecule has 0 aliphatic heterocycles. The lowest BCUT2D eigenvalue weighted by Crippen LogP contribution is -2.34. The lowest BCUT2D eigenvalue weighted by Gasteiger charge is -2.35. The third kappa shape index (κ3) is 4.70. The standard InChI is InChI=1S/C27H27FN4O2/c1-17(18-4-6-19(7-5-18)26(29)34)23-13-24-20(14-30-31-24)12-25(23)32(15-27(2,3)16-33)22-10-8-21(28)9-11-22/h4-14,33H,1,15-16H2,2-3H3,(H2,29,34)(H,30,31). The van der Waals surface area contributed by atoms with Crippen LogP contribution in [-0.2, 0) is 0 Å². The summed E-state index contributed by atoms with van der Waals surface area (Å²) in [6, 6.07) is 17.2. The van der Waals surface area contributed by atoms with E-state index in [0.29, 0.717) is 12.1 Å². The van der Waals surface area contributed by atoms with Crippen LogP contribution in [0.4, 0.5) is 15.8 Å². The Morgan fingerprint density at radius 2 is 1.76 bits per heavy atom. The van der Waals surface area contributed by atoms with E-state index in [1.807, 2.05) is 38.1 Å². The topological polar surface area (TPSA) is 95.2 Å². The summed E-state index contributed by atoms with van der Waals surface area (Å²) >= 11 is 0. The maximum atomic E-state index is 13.7. The molecule has 4 rings (SSSR count). The lowest BCUT2D eigenvalue weighted by molar-refractivity contribution is 0.100. The second-order valence-corrected chi connectivity index (χ2v) is 9.13. The second kappa shape index (κ2) is 9.11. The Morgan fingerprint density at radius 1 is 1.12 bits per heavy atom. The summed E-state index contributed by atoms with van der Waals surface area (Å²) in [5.41, 5.74) is 10.2. The number of amides is 1. The zero-order valence-electron chi connectivity index (χ0n) is 19.2. The minimum Gasteiger partial charge on any atom is -0.396 e. The third-order valence-corrected chi connectivity index (χ3v) is 5.84. The predicted octanol–water partition coefficient (Wildman–Crippen LogP) is 5.02. The number of hydrogen-bond donors (Lipinski definition) is 3. The van der Waals surface area contributed by atoms with E-state index >= 15 is 0 Å². The molecule has 0 bridgehead atoms. The monoisotopic (exact) mass is 458 g/mol. The van der Waals surface area contributed by atoms with Crippen molar-refractivity contribution < 1.29 is 14.3 Å². The van der Waals surface area contributed by atoms with Crippen molar-refractivity contribution >= 4 is 33.8 Å². The molecule has 4 N–H and O–H groups in total. The van der Waals surface area contributed by atoms with E-state index in [1.165, 1.54) is 12.1 Å². The number of nitrogens with one attached hydrogen (secondary N) is 1. The quantitative estimate of drug-likeness (QED) is 0.346. The summed E-state index contributed by atoms with van der Waals surface area (Å²) < 4.78 is 13.7. The number of fused-ring (bicyclic) bond motifs is 1. The van der Waals surface area contributed by atoms with Gasteiger partial charge in [0, 0.05) is 46.5 Å². The van der Waals surface area contributed by atoms with Crippen molar-refractivity contribution in [3.05, 3.63) is 95.9 Å². The first-order chi connectivity index (χ1) is 16.2. The number of hydrogen-bond acceptors (Lipinski definition) is 4. The van der Waals surface area contributed by atoms with Crippen LogP contribution in [0.1, 0.15) is 35.3 Å². The summed E-state index contributed by atoms with van der Waals surface area (Å²) in [6.07, 6.45) is 1.74. The zero-order valence-corrected chi connectivity index (χ0v) is 19.2. The molecule has 0 saturated heterocycles. The minimum atomic E-state index is -0.495. The van der Waals surface area contributed by atoms with E-state index in [9.17, 15) is 14.3 Å². The fraction of sp³-hybridized carbons (Fsp3) is 0.185. The van der Waals surface area contributed by atoms with Gasteiger partial charge in [-0.25, -0.2) is 4.39 Å². The number of anilines is 2. The van der Waals surface area contributed by atoms with E-state index in [2.05, 4.69) is 21.7 Å². The van der Waals surface area contributed by atoms with Gasteiger partial charge in [-0.1, -0.05) is 32.6 Å². The van der Waals surface area contributed by atoms with Gasteiger partial charge in [-0.3, -0.25) is 9.89 Å². The van der Waals surface area contributed by atoms with Crippen molar-refractivity contribution in [3.8, 4) is 0 Å². The van der Waals surface area contributed by atoms with E-state index in [0.717, 1.165) is 39.0 Å². The van der Waals surface area contributed by atoms with Gasteiger partial charge in [0.2, 0.25) is 5.91 Å². The first-order valence-corrected chi connectivity index (χ1v) is 10.9. The molecule has 0 aliphatic rings. The lowest BCUT2D eigenvalue weighted by atomic mass is 9.91. The van der Waals surface area contributed by atoms with Crippen LogP contribution in [0, 0.1) is 11.2 Å². The first kappa shape index (κ1) is 23.2. The van der Waals surface area contributed by atoms with Crippen molar-refractivity contribution in [2.45, 2.75) is 13.8 Å². The molecular weight excluding hydrogens is 431 g/mol. The van der Waals surface area contributed by atoms with Crippen molar-refractivity contribution in [1.29, 1.82) is 0 Å². The number of aliphatic hydroxyl groups is 1. The highest BCUT2D eigenvalue weighted by Crippen LogP contribution is 2.39. The van der Waals surface area contributed by atoms with E-state index in [1.54, 1.807) is 30.5 Å². The van der Waals surface area contributed by atoms with Gasteiger partial charge in [-0.15, -0.1) is 0 Å². The van der Waals surface area contributed by atoms with E-state index in [4.69, 9.17) is 5.73 Å². The molecule has 0 spiro atoms. The number of H-pyrrole nitrogens is 1. The Morgan fingerprint density at radius 3 is 2.38 bits per heavy atom. The zero-order chi connectivity index (χ0) is 24.5. The second-order valence-electron chi connectivity index (χ2n) is 9.13. The van der Waals surface area contributed by atoms with Gasteiger partial charge in [-0.2, -0.15) is 5.10 Å². The molecular formula is C27H27FN4O2. The Labute approximate surface area is 197 Å². The van der Waals surface area contributed by atoms with Gasteiger partial charge >= 0.3 is 0 Å². The average Bonchev–Trinajstić information content (AvgIpc) is 3.29. The largest absolute Gasteiger partial charge is 0.396 e. The van der Waals surface area contributed by atoms with E-state index in [-0.39, 0.29) is 12.4 Å². The number of aliphatic hydroxyl groups excluding tert-OH is 1. The number of carbonyl (C=O) groups excluding carboxylic acids is 1. The Balaban J connectivity index is 1.89. The fourth-order valence-corrected chi connectivity index (χ4v) is 3.85. The Hall–Kier alpha value is -3.97. The van der Waals surface area contributed by atoms with Gasteiger partial charge in [0.05, 0.1) is 11.7 Å². The smallest absolute Gasteiger partial charge is 0.248 e. The number of halogens is 1. The minimum absolute atomic E-state index is 0.0243. The molecule has 174 valence electrons. The van der Waals surface area contributed by atoms with E-state index < -0.39 is 11.3 Å². The molecule has 0 radical (unpaired) electrons. The van der Waals surface area contributed by atoms with Crippen LogP contribution >= 0.6 is 0 Å². The summed E-state index contributed by atoms with van der Waals surface area (Å²) in [4.78, 5) is 13.5. The molecule has 7 heteroatoms. The molecule has 0 atom stereocenters. The first-order valence-electron chi connectivity index (χ1n) is 10.9. The number of benzene rings is 3. The average molecular weight is 459 g/mol. The van der Waals surface area contributed by atoms with Crippen molar-refractivity contribution in [3.63, 3.8) is 0 Å². The molecule has 34 heavy (non-hydrogen) atoms. The van der Waals surface area contributed by atoms with Gasteiger partial charge in [-0.05, 0) is 59.7 Å². The maximum absolute atomic E-state index is 13.7. The van der Waals surface area contributed by atoms with Gasteiger partial charge < -0.3 is 15.7 Å². The molecule has 1 aromatic heterocycles. The highest BCUT2D eigenvalue weighted by molar-refractivity contribution is 5.96. The molecule has 1 heterocycles. The highest BCUT2D eigenvalue weighted by atomic mass is 19.1. The molecule has 0 unspecified atom stereocenters. The van der Waals surface area contributed by atoms with Crippen molar-refractivity contribution in [1.82, 2.24) is 10.2 Å². The normalized spacial score (nSPS) is 11.5. The number of aromatic amines is 1. The predicted molar refractivity (Wildman–Crippen MR) is 133 cm³/mol. The van der Waals surface area contributed by atoms with Crippen LogP contribution in [-0.4, -0.2) is 34.4 Å². The molecule has 0 aliphatic carbocycles. The Bertz CT molecular complexity index is 1340. The van der Waals surface area contributed by atoms with Crippen molar-refractivity contribution in [2.24, 2.45) is 11.1 Å². The number of rotatable bonds is 8. The molecule has 0 saturated carbocycles. The van der Waals surface area contributed by atoms with Crippen LogP contribution in [0.5, 0.6) is 0 Å². The SMILES string of the molecule is C=C(c1ccc(C(N)=O)cc1)c1cc2[nH]ncc2cc1N(CC(C)(C)CO)c1ccc(F)cc1. The number of carbonyl (C=O) groups is 1. The number of nitrogens with two attached hydrogens (primary N) is 1. The highest BCUT2D eigenvalue weighted by Gasteiger charge is 2.25. The van der Waals surface area contributed by atoms with Gasteiger partial charge in [0.1, 0.15) is 5.82 Å². The third-order valence-electron chi connectivity index (χ3n) is 5.84. The van der Waals surface area contributed by atoms with Crippen LogP contribution in [0.2, 0.25) is 0 Å². The van der Waals surface area contributed by atoms with Gasteiger partial charge in [0.25, 0.3) is 0 Å². The summed E-state index contributed by atoms with van der Waals surface area (Å²) in [6.45, 7) is 8.73. The number of aromatic nitrogens is 2. The van der Waals surface area contributed by atoms with Crippen LogP contribution in [0.25, 0.3) is 16.5 Å². The fourth-order valence-electron chi connectivity index (χ4n) is 3.85. The number of nitrogens with zero attached hydrogens (tertiary/aromatic N) is 2. The van der Waals surface area contributed by atoms with Crippen molar-refractivity contribution in [2.75, 3.05) is 18.1 Å². The Kier molecular flexibility index (Phi) is 6.22. The van der Waals surface area contributed by atoms with Crippen LogP contribution in [0.3, 0.4) is 0 Å². The van der Waals surface area contributed by atoms with Crippen LogP contribution < -0.4 is 10.6 Å². The van der Waals surface area contributed by atoms with Gasteiger partial charge in [0.15, 0.2) is 0 Å². The number of primary amides is 1. The summed E-state index contributed by atoms with van der Waals surface area (Å²) in [5.74, 6) is -0.819. The summed E-state index contributed by atoms with van der Waals surface area (Å²) in [7, 11) is 0. The summed E-state index contributed by atoms with van der Waals surface area (Å²) in [5, 5.41) is 18.1.